The Kier molecular flexibility index (Phi) is 2.88. The average molecular weight is 157 g/mol. The first-order valence-corrected chi connectivity index (χ1v) is 4.16. The van der Waals surface area contributed by atoms with Gasteiger partial charge in [0.2, 0.25) is 5.91 Å². The van der Waals surface area contributed by atoms with Crippen molar-refractivity contribution in [2.75, 3.05) is 6.61 Å². The number of rotatable bonds is 3. The van der Waals surface area contributed by atoms with E-state index in [0.717, 1.165) is 12.8 Å². The Labute approximate surface area is 66.8 Å². The van der Waals surface area contributed by atoms with E-state index in [1.54, 1.807) is 0 Å². The molecule has 0 unspecified atom stereocenters. The minimum atomic E-state index is 0.117. The molecule has 64 valence electrons. The van der Waals surface area contributed by atoms with Crippen molar-refractivity contribution in [1.82, 2.24) is 5.32 Å². The Bertz CT molecular complexity index is 141. The fraction of sp³-hybridized carbons (Fsp3) is 0.875. The largest absolute Gasteiger partial charge is 0.396 e. The van der Waals surface area contributed by atoms with E-state index in [1.165, 1.54) is 0 Å². The summed E-state index contributed by atoms with van der Waals surface area (Å²) in [5.41, 5.74) is 0. The van der Waals surface area contributed by atoms with Gasteiger partial charge in [0.05, 0.1) is 0 Å². The van der Waals surface area contributed by atoms with Crippen molar-refractivity contribution in [2.24, 2.45) is 5.92 Å². The third-order valence-electron chi connectivity index (χ3n) is 2.18. The van der Waals surface area contributed by atoms with E-state index in [9.17, 15) is 4.79 Å². The molecule has 3 nitrogen and oxygen atoms in total. The number of hydrogen-bond donors (Lipinski definition) is 2. The molecule has 1 rings (SSSR count). The first-order chi connectivity index (χ1) is 5.26. The molecule has 0 spiro atoms. The second-order valence-electron chi connectivity index (χ2n) is 3.14. The summed E-state index contributed by atoms with van der Waals surface area (Å²) in [4.78, 5) is 10.8. The van der Waals surface area contributed by atoms with E-state index in [2.05, 4.69) is 5.32 Å². The van der Waals surface area contributed by atoms with Gasteiger partial charge in [-0.3, -0.25) is 4.79 Å². The molecule has 1 aliphatic rings. The lowest BCUT2D eigenvalue weighted by atomic mass is 9.81. The Hall–Kier alpha value is -0.570. The second-order valence-corrected chi connectivity index (χ2v) is 3.14. The van der Waals surface area contributed by atoms with Crippen LogP contribution in [-0.4, -0.2) is 23.7 Å². The molecule has 0 radical (unpaired) electrons. The number of aliphatic hydroxyl groups is 1. The number of hydrogen-bond acceptors (Lipinski definition) is 2. The summed E-state index contributed by atoms with van der Waals surface area (Å²) in [7, 11) is 0. The lowest BCUT2D eigenvalue weighted by Crippen LogP contribution is -2.45. The summed E-state index contributed by atoms with van der Waals surface area (Å²) in [6.45, 7) is 2.11. The quantitative estimate of drug-likeness (QED) is 0.618. The normalized spacial score (nSPS) is 29.3. The molecular weight excluding hydrogens is 142 g/mol. The van der Waals surface area contributed by atoms with Gasteiger partial charge in [-0.15, -0.1) is 0 Å². The van der Waals surface area contributed by atoms with Gasteiger partial charge in [0.1, 0.15) is 0 Å². The molecule has 0 atom stereocenters. The van der Waals surface area contributed by atoms with Gasteiger partial charge < -0.3 is 10.4 Å². The van der Waals surface area contributed by atoms with Crippen LogP contribution in [0.2, 0.25) is 0 Å². The second kappa shape index (κ2) is 3.72. The summed E-state index contributed by atoms with van der Waals surface area (Å²) < 4.78 is 0. The zero-order valence-corrected chi connectivity index (χ0v) is 6.84. The third-order valence-corrected chi connectivity index (χ3v) is 2.18. The van der Waals surface area contributed by atoms with E-state index < -0.39 is 0 Å². The summed E-state index contributed by atoms with van der Waals surface area (Å²) in [5, 5.41) is 11.6. The molecule has 1 fully saturated rings. The molecule has 0 aromatic rings. The van der Waals surface area contributed by atoms with Crippen LogP contribution in [0, 0.1) is 5.92 Å². The lowest BCUT2D eigenvalue weighted by molar-refractivity contribution is -0.122. The van der Waals surface area contributed by atoms with E-state index in [0.29, 0.717) is 18.4 Å². The van der Waals surface area contributed by atoms with Gasteiger partial charge in [-0.2, -0.15) is 0 Å². The zero-order chi connectivity index (χ0) is 8.27. The van der Waals surface area contributed by atoms with Gasteiger partial charge >= 0.3 is 0 Å². The van der Waals surface area contributed by atoms with Crippen molar-refractivity contribution in [3.63, 3.8) is 0 Å². The Morgan fingerprint density at radius 3 is 2.73 bits per heavy atom. The highest BCUT2D eigenvalue weighted by molar-refractivity contribution is 5.75. The smallest absolute Gasteiger partial charge is 0.219 e. The number of carbonyl (C=O) groups excluding carboxylic acids is 1. The van der Waals surface area contributed by atoms with Crippen LogP contribution in [0.3, 0.4) is 0 Å². The number of aliphatic hydroxyl groups excluding tert-OH is 1. The SMILES string of the molecule is CCC(=O)NC1CC(CO)C1. The third kappa shape index (κ3) is 2.19. The van der Waals surface area contributed by atoms with Gasteiger partial charge in [-0.25, -0.2) is 0 Å². The molecule has 1 amide bonds. The first kappa shape index (κ1) is 8.53. The van der Waals surface area contributed by atoms with Crippen molar-refractivity contribution >= 4 is 5.91 Å². The summed E-state index contributed by atoms with van der Waals surface area (Å²) in [6.07, 6.45) is 2.45. The maximum atomic E-state index is 10.8. The van der Waals surface area contributed by atoms with Crippen LogP contribution in [0.15, 0.2) is 0 Å². The minimum Gasteiger partial charge on any atom is -0.396 e. The van der Waals surface area contributed by atoms with E-state index in [4.69, 9.17) is 5.11 Å². The lowest BCUT2D eigenvalue weighted by Gasteiger charge is -2.34. The zero-order valence-electron chi connectivity index (χ0n) is 6.84. The van der Waals surface area contributed by atoms with Crippen LogP contribution in [0.25, 0.3) is 0 Å². The molecule has 1 saturated carbocycles. The van der Waals surface area contributed by atoms with Crippen molar-refractivity contribution in [3.05, 3.63) is 0 Å². The Morgan fingerprint density at radius 1 is 1.64 bits per heavy atom. The standard InChI is InChI=1S/C8H15NO2/c1-2-8(11)9-7-3-6(4-7)5-10/h6-7,10H,2-5H2,1H3,(H,9,11). The predicted octanol–water partition coefficient (Wildman–Crippen LogP) is 0.283. The molecular formula is C8H15NO2. The molecule has 0 heterocycles. The molecule has 3 heteroatoms. The first-order valence-electron chi connectivity index (χ1n) is 4.16. The number of carbonyl (C=O) groups is 1. The molecule has 0 aliphatic heterocycles. The molecule has 0 saturated heterocycles. The monoisotopic (exact) mass is 157 g/mol. The number of nitrogens with one attached hydrogen (secondary N) is 1. The maximum absolute atomic E-state index is 10.8. The van der Waals surface area contributed by atoms with Gasteiger partial charge in [0, 0.05) is 19.1 Å². The molecule has 11 heavy (non-hydrogen) atoms. The van der Waals surface area contributed by atoms with E-state index in [-0.39, 0.29) is 12.5 Å². The topological polar surface area (TPSA) is 49.3 Å². The highest BCUT2D eigenvalue weighted by atomic mass is 16.3. The fourth-order valence-corrected chi connectivity index (χ4v) is 1.33. The maximum Gasteiger partial charge on any atom is 0.219 e. The van der Waals surface area contributed by atoms with Crippen molar-refractivity contribution < 1.29 is 9.90 Å². The van der Waals surface area contributed by atoms with Gasteiger partial charge in [0.15, 0.2) is 0 Å². The average Bonchev–Trinajstić information content (AvgIpc) is 1.95. The number of amides is 1. The van der Waals surface area contributed by atoms with Crippen LogP contribution in [-0.2, 0) is 4.79 Å². The summed E-state index contributed by atoms with van der Waals surface area (Å²) >= 11 is 0. The molecule has 0 aromatic heterocycles. The van der Waals surface area contributed by atoms with Crippen LogP contribution in [0.1, 0.15) is 26.2 Å². The minimum absolute atomic E-state index is 0.117. The van der Waals surface area contributed by atoms with Crippen LogP contribution in [0.4, 0.5) is 0 Å². The fourth-order valence-electron chi connectivity index (χ4n) is 1.33. The molecule has 2 N–H and O–H groups in total. The summed E-state index contributed by atoms with van der Waals surface area (Å²) in [6, 6.07) is 0.333. The van der Waals surface area contributed by atoms with E-state index in [1.807, 2.05) is 6.92 Å². The Balaban J connectivity index is 2.08. The van der Waals surface area contributed by atoms with Crippen LogP contribution < -0.4 is 5.32 Å². The van der Waals surface area contributed by atoms with Gasteiger partial charge in [0.25, 0.3) is 0 Å². The predicted molar refractivity (Wildman–Crippen MR) is 42.0 cm³/mol. The summed E-state index contributed by atoms with van der Waals surface area (Å²) in [5.74, 6) is 0.545. The molecule has 0 bridgehead atoms. The van der Waals surface area contributed by atoms with Gasteiger partial charge in [-0.05, 0) is 18.8 Å². The highest BCUT2D eigenvalue weighted by Crippen LogP contribution is 2.26. The van der Waals surface area contributed by atoms with Crippen molar-refractivity contribution in [3.8, 4) is 0 Å². The van der Waals surface area contributed by atoms with Crippen molar-refractivity contribution in [1.29, 1.82) is 0 Å². The van der Waals surface area contributed by atoms with Crippen LogP contribution in [0.5, 0.6) is 0 Å². The van der Waals surface area contributed by atoms with E-state index >= 15 is 0 Å². The molecule has 1 aliphatic carbocycles. The van der Waals surface area contributed by atoms with Crippen molar-refractivity contribution in [2.45, 2.75) is 32.2 Å². The highest BCUT2D eigenvalue weighted by Gasteiger charge is 2.28. The molecule has 0 aromatic carbocycles. The van der Waals surface area contributed by atoms with Crippen LogP contribution >= 0.6 is 0 Å². The Morgan fingerprint density at radius 2 is 2.27 bits per heavy atom. The van der Waals surface area contributed by atoms with Gasteiger partial charge in [-0.1, -0.05) is 6.92 Å².